The van der Waals surface area contributed by atoms with Crippen molar-refractivity contribution in [3.05, 3.63) is 94.8 Å². The van der Waals surface area contributed by atoms with E-state index in [0.717, 1.165) is 16.7 Å². The minimum atomic E-state index is -0.564. The monoisotopic (exact) mass is 448 g/mol. The third-order valence-corrected chi connectivity index (χ3v) is 5.55. The number of thiazole rings is 1. The van der Waals surface area contributed by atoms with Gasteiger partial charge in [0.2, 0.25) is 0 Å². The maximum absolute atomic E-state index is 12.2. The van der Waals surface area contributed by atoms with Gasteiger partial charge in [-0.3, -0.25) is 10.1 Å². The van der Waals surface area contributed by atoms with E-state index in [1.165, 1.54) is 11.3 Å². The molecule has 0 aliphatic heterocycles. The number of aromatic nitrogens is 1. The van der Waals surface area contributed by atoms with E-state index < -0.39 is 18.5 Å². The number of hydrogen-bond acceptors (Lipinski definition) is 5. The molecule has 1 aromatic heterocycles. The summed E-state index contributed by atoms with van der Waals surface area (Å²) in [5.41, 5.74) is 3.88. The zero-order valence-electron chi connectivity index (χ0n) is 16.2. The summed E-state index contributed by atoms with van der Waals surface area (Å²) in [6.07, 6.45) is 0. The molecule has 1 N–H and O–H groups in total. The number of amides is 1. The third-order valence-electron chi connectivity index (χ3n) is 4.46. The number of esters is 1. The van der Waals surface area contributed by atoms with Gasteiger partial charge >= 0.3 is 5.97 Å². The normalized spacial score (nSPS) is 10.5. The molecule has 0 spiro atoms. The minimum absolute atomic E-state index is 0.378. The Morgan fingerprint density at radius 3 is 2.32 bits per heavy atom. The van der Waals surface area contributed by atoms with E-state index >= 15 is 0 Å². The Balaban J connectivity index is 1.32. The summed E-state index contributed by atoms with van der Waals surface area (Å²) in [6, 6.07) is 24.2. The Bertz CT molecular complexity index is 1210. The molecule has 0 atom stereocenters. The van der Waals surface area contributed by atoms with Crippen LogP contribution in [0.5, 0.6) is 0 Å². The standard InChI is InChI=1S/C24H17ClN2O3S/c25-20-9-5-4-8-19(20)21-15-31-24(26-21)27-22(28)14-30-23(29)18-12-10-17(11-13-18)16-6-2-1-3-7-16/h1-13,15H,14H2,(H,26,27,28). The number of carbonyl (C=O) groups is 2. The highest BCUT2D eigenvalue weighted by atomic mass is 35.5. The summed E-state index contributed by atoms with van der Waals surface area (Å²) in [4.78, 5) is 28.8. The zero-order chi connectivity index (χ0) is 21.6. The molecule has 31 heavy (non-hydrogen) atoms. The number of rotatable bonds is 6. The minimum Gasteiger partial charge on any atom is -0.452 e. The van der Waals surface area contributed by atoms with E-state index in [-0.39, 0.29) is 0 Å². The lowest BCUT2D eigenvalue weighted by Gasteiger charge is -2.06. The molecule has 0 fully saturated rings. The molecule has 0 saturated heterocycles. The Hall–Kier alpha value is -3.48. The Morgan fingerprint density at radius 1 is 0.903 bits per heavy atom. The first-order chi connectivity index (χ1) is 15.1. The van der Waals surface area contributed by atoms with Crippen molar-refractivity contribution in [2.75, 3.05) is 11.9 Å². The van der Waals surface area contributed by atoms with Crippen LogP contribution in [0.4, 0.5) is 5.13 Å². The summed E-state index contributed by atoms with van der Waals surface area (Å²) >= 11 is 7.45. The predicted octanol–water partition coefficient (Wildman–Crippen LogP) is 5.93. The van der Waals surface area contributed by atoms with Crippen LogP contribution in [0.2, 0.25) is 5.02 Å². The van der Waals surface area contributed by atoms with E-state index in [1.807, 2.05) is 60.7 Å². The Kier molecular flexibility index (Phi) is 6.40. The summed E-state index contributed by atoms with van der Waals surface area (Å²) in [5, 5.41) is 5.43. The van der Waals surface area contributed by atoms with Crippen molar-refractivity contribution < 1.29 is 14.3 Å². The van der Waals surface area contributed by atoms with Crippen LogP contribution in [-0.4, -0.2) is 23.5 Å². The number of hydrogen-bond donors (Lipinski definition) is 1. The van der Waals surface area contributed by atoms with Gasteiger partial charge in [-0.25, -0.2) is 9.78 Å². The molecule has 154 valence electrons. The fraction of sp³-hybridized carbons (Fsp3) is 0.0417. The summed E-state index contributed by atoms with van der Waals surface area (Å²) in [5.74, 6) is -1.03. The Morgan fingerprint density at radius 2 is 1.58 bits per heavy atom. The van der Waals surface area contributed by atoms with Crippen LogP contribution in [0.1, 0.15) is 10.4 Å². The number of nitrogens with one attached hydrogen (secondary N) is 1. The van der Waals surface area contributed by atoms with Crippen molar-refractivity contribution in [3.8, 4) is 22.4 Å². The van der Waals surface area contributed by atoms with Gasteiger partial charge < -0.3 is 4.74 Å². The molecule has 1 heterocycles. The number of benzene rings is 3. The molecule has 5 nitrogen and oxygen atoms in total. The van der Waals surface area contributed by atoms with Crippen LogP contribution in [0.3, 0.4) is 0 Å². The fourth-order valence-corrected chi connectivity index (χ4v) is 3.88. The average Bonchev–Trinajstić information content (AvgIpc) is 3.26. The van der Waals surface area contributed by atoms with Gasteiger partial charge in [-0.05, 0) is 29.3 Å². The van der Waals surface area contributed by atoms with Crippen LogP contribution < -0.4 is 5.32 Å². The second kappa shape index (κ2) is 9.55. The molecule has 0 unspecified atom stereocenters. The second-order valence-electron chi connectivity index (χ2n) is 6.59. The van der Waals surface area contributed by atoms with Crippen LogP contribution in [0.15, 0.2) is 84.2 Å². The Labute approximate surface area is 188 Å². The van der Waals surface area contributed by atoms with Gasteiger partial charge in [-0.2, -0.15) is 0 Å². The molecule has 0 radical (unpaired) electrons. The predicted molar refractivity (Wildman–Crippen MR) is 123 cm³/mol. The average molecular weight is 449 g/mol. The number of nitrogens with zero attached hydrogens (tertiary/aromatic N) is 1. The van der Waals surface area contributed by atoms with E-state index in [2.05, 4.69) is 10.3 Å². The molecule has 4 rings (SSSR count). The summed E-state index contributed by atoms with van der Waals surface area (Å²) in [6.45, 7) is -0.403. The zero-order valence-corrected chi connectivity index (χ0v) is 17.8. The second-order valence-corrected chi connectivity index (χ2v) is 7.85. The highest BCUT2D eigenvalue weighted by Crippen LogP contribution is 2.30. The third kappa shape index (κ3) is 5.17. The van der Waals surface area contributed by atoms with Crippen molar-refractivity contribution >= 4 is 39.9 Å². The summed E-state index contributed by atoms with van der Waals surface area (Å²) in [7, 11) is 0. The quantitative estimate of drug-likeness (QED) is 0.371. The maximum Gasteiger partial charge on any atom is 0.338 e. The molecule has 1 amide bonds. The van der Waals surface area contributed by atoms with Gasteiger partial charge in [0.05, 0.1) is 11.3 Å². The first-order valence-electron chi connectivity index (χ1n) is 9.43. The molecule has 0 saturated carbocycles. The fourth-order valence-electron chi connectivity index (χ4n) is 2.92. The lowest BCUT2D eigenvalue weighted by Crippen LogP contribution is -2.20. The van der Waals surface area contributed by atoms with Crippen molar-refractivity contribution in [2.24, 2.45) is 0 Å². The van der Waals surface area contributed by atoms with Gasteiger partial charge in [0.1, 0.15) is 0 Å². The molecule has 3 aromatic carbocycles. The molecule has 0 aliphatic rings. The van der Waals surface area contributed by atoms with E-state index in [1.54, 1.807) is 23.6 Å². The van der Waals surface area contributed by atoms with Gasteiger partial charge in [-0.15, -0.1) is 11.3 Å². The largest absolute Gasteiger partial charge is 0.452 e. The van der Waals surface area contributed by atoms with E-state index in [0.29, 0.717) is 21.4 Å². The molecule has 0 aliphatic carbocycles. The van der Waals surface area contributed by atoms with Gasteiger partial charge in [0.15, 0.2) is 11.7 Å². The van der Waals surface area contributed by atoms with Gasteiger partial charge in [-0.1, -0.05) is 72.3 Å². The van der Waals surface area contributed by atoms with E-state index in [4.69, 9.17) is 16.3 Å². The smallest absolute Gasteiger partial charge is 0.338 e. The lowest BCUT2D eigenvalue weighted by atomic mass is 10.0. The highest BCUT2D eigenvalue weighted by molar-refractivity contribution is 7.14. The number of carbonyl (C=O) groups excluding carboxylic acids is 2. The van der Waals surface area contributed by atoms with Crippen LogP contribution in [0, 0.1) is 0 Å². The van der Waals surface area contributed by atoms with Crippen LogP contribution in [0.25, 0.3) is 22.4 Å². The molecular formula is C24H17ClN2O3S. The van der Waals surface area contributed by atoms with Crippen LogP contribution >= 0.6 is 22.9 Å². The number of ether oxygens (including phenoxy) is 1. The topological polar surface area (TPSA) is 68.3 Å². The van der Waals surface area contributed by atoms with Crippen molar-refractivity contribution in [2.45, 2.75) is 0 Å². The highest BCUT2D eigenvalue weighted by Gasteiger charge is 2.13. The van der Waals surface area contributed by atoms with E-state index in [9.17, 15) is 9.59 Å². The molecule has 7 heteroatoms. The van der Waals surface area contributed by atoms with Gasteiger partial charge in [0, 0.05) is 16.0 Å². The lowest BCUT2D eigenvalue weighted by molar-refractivity contribution is -0.119. The SMILES string of the molecule is O=C(COC(=O)c1ccc(-c2ccccc2)cc1)Nc1nc(-c2ccccc2Cl)cs1. The van der Waals surface area contributed by atoms with Crippen LogP contribution in [-0.2, 0) is 9.53 Å². The molecule has 0 bridgehead atoms. The maximum atomic E-state index is 12.2. The first-order valence-corrected chi connectivity index (χ1v) is 10.7. The number of halogens is 1. The number of anilines is 1. The van der Waals surface area contributed by atoms with Crippen molar-refractivity contribution in [1.82, 2.24) is 4.98 Å². The summed E-state index contributed by atoms with van der Waals surface area (Å²) < 4.78 is 5.12. The van der Waals surface area contributed by atoms with Crippen molar-refractivity contribution in [3.63, 3.8) is 0 Å². The van der Waals surface area contributed by atoms with Gasteiger partial charge in [0.25, 0.3) is 5.91 Å². The molecule has 4 aromatic rings. The van der Waals surface area contributed by atoms with Crippen molar-refractivity contribution in [1.29, 1.82) is 0 Å². The first kappa shape index (κ1) is 20.8. The molecular weight excluding hydrogens is 432 g/mol.